The summed E-state index contributed by atoms with van der Waals surface area (Å²) < 4.78 is 18.5. The summed E-state index contributed by atoms with van der Waals surface area (Å²) in [5.74, 6) is -2.58. The van der Waals surface area contributed by atoms with Crippen molar-refractivity contribution in [3.63, 3.8) is 0 Å². The van der Waals surface area contributed by atoms with Gasteiger partial charge in [-0.15, -0.1) is 0 Å². The Morgan fingerprint density at radius 1 is 1.29 bits per heavy atom. The van der Waals surface area contributed by atoms with Gasteiger partial charge < -0.3 is 14.9 Å². The number of allylic oxidation sites excluding steroid dienone is 1. The topological polar surface area (TPSA) is 107 Å². The predicted molar refractivity (Wildman–Crippen MR) is 129 cm³/mol. The van der Waals surface area contributed by atoms with Crippen molar-refractivity contribution >= 4 is 29.4 Å². The number of aryl methyl sites for hydroxylation is 1. The highest BCUT2D eigenvalue weighted by Gasteiger charge is 2.51. The summed E-state index contributed by atoms with van der Waals surface area (Å²) in [7, 11) is 0. The molecule has 1 aliphatic heterocycles. The van der Waals surface area contributed by atoms with E-state index in [0.29, 0.717) is 11.4 Å². The van der Waals surface area contributed by atoms with Crippen LogP contribution in [0.25, 0.3) is 6.08 Å². The molecule has 2 atom stereocenters. The van der Waals surface area contributed by atoms with Crippen molar-refractivity contribution < 1.29 is 28.3 Å². The van der Waals surface area contributed by atoms with Crippen LogP contribution in [0.2, 0.25) is 0 Å². The predicted octanol–water partition coefficient (Wildman–Crippen LogP) is 3.56. The van der Waals surface area contributed by atoms with Crippen molar-refractivity contribution in [2.75, 3.05) is 13.3 Å². The molecule has 190 valence electrons. The number of hydrogen-bond acceptors (Lipinski definition) is 7. The van der Waals surface area contributed by atoms with E-state index >= 15 is 0 Å². The molecule has 3 rings (SSSR count). The van der Waals surface area contributed by atoms with Gasteiger partial charge in [-0.05, 0) is 29.9 Å². The number of aromatic nitrogens is 1. The minimum absolute atomic E-state index is 0.124. The zero-order valence-electron chi connectivity index (χ0n) is 21.0. The first-order chi connectivity index (χ1) is 16.5. The molecule has 0 spiro atoms. The highest BCUT2D eigenvalue weighted by Crippen LogP contribution is 2.35. The number of hydrogen-bond donors (Lipinski definition) is 1. The molecule has 8 nitrogen and oxygen atoms in total. The van der Waals surface area contributed by atoms with Crippen LogP contribution in [0.4, 0.5) is 4.39 Å². The molecule has 0 saturated heterocycles. The zero-order chi connectivity index (χ0) is 25.8. The number of ketones is 1. The summed E-state index contributed by atoms with van der Waals surface area (Å²) in [5, 5.41) is 6.74. The lowest BCUT2D eigenvalue weighted by molar-refractivity contribution is -0.153. The number of fused-ring (bicyclic) bond motifs is 1. The third-order valence-electron chi connectivity index (χ3n) is 6.15. The first kappa shape index (κ1) is 26.5. The van der Waals surface area contributed by atoms with Crippen LogP contribution in [-0.4, -0.2) is 53.3 Å². The molecule has 1 aromatic heterocycles. The molecule has 1 N–H and O–H groups in total. The van der Waals surface area contributed by atoms with Crippen molar-refractivity contribution in [1.29, 1.82) is 0 Å². The van der Waals surface area contributed by atoms with Crippen LogP contribution < -0.4 is 5.32 Å². The van der Waals surface area contributed by atoms with Crippen molar-refractivity contribution in [2.45, 2.75) is 71.9 Å². The number of carbonyl (C=O) groups excluding carboxylic acids is 3. The number of oxime groups is 1. The Bertz CT molecular complexity index is 1040. The summed E-state index contributed by atoms with van der Waals surface area (Å²) in [5.41, 5.74) is 1.57. The standard InChI is InChI=1S/C26H34FN3O5/c1-16(2)26(13-20(30-35-26)23-18-9-7-6-8-17(18)10-11-28-23)24(33)29-19(21(31)14-27)12-22(32)34-15-25(3,4)5/h7,9-11,16,19H,6,8,12-15H2,1-5H3,(H,29,33)/t19-,26?/m0/s1. The van der Waals surface area contributed by atoms with Gasteiger partial charge in [0.05, 0.1) is 18.7 Å². The van der Waals surface area contributed by atoms with Crippen molar-refractivity contribution in [2.24, 2.45) is 16.5 Å². The molecule has 35 heavy (non-hydrogen) atoms. The molecule has 0 saturated carbocycles. The van der Waals surface area contributed by atoms with Crippen LogP contribution in [0, 0.1) is 11.3 Å². The van der Waals surface area contributed by atoms with Gasteiger partial charge in [-0.1, -0.05) is 51.9 Å². The fraction of sp³-hybridized carbons (Fsp3) is 0.577. The summed E-state index contributed by atoms with van der Waals surface area (Å²) in [4.78, 5) is 48.2. The Morgan fingerprint density at radius 3 is 2.69 bits per heavy atom. The van der Waals surface area contributed by atoms with Gasteiger partial charge in [-0.25, -0.2) is 4.39 Å². The molecule has 1 aliphatic carbocycles. The Kier molecular flexibility index (Phi) is 8.07. The Hall–Kier alpha value is -3.10. The molecule has 1 amide bonds. The van der Waals surface area contributed by atoms with E-state index < -0.39 is 42.4 Å². The van der Waals surface area contributed by atoms with Gasteiger partial charge in [0.25, 0.3) is 5.91 Å². The van der Waals surface area contributed by atoms with Gasteiger partial charge >= 0.3 is 5.97 Å². The number of pyridine rings is 1. The molecule has 2 aliphatic rings. The smallest absolute Gasteiger partial charge is 0.308 e. The largest absolute Gasteiger partial charge is 0.465 e. The Balaban J connectivity index is 1.77. The normalized spacial score (nSPS) is 20.0. The molecule has 0 radical (unpaired) electrons. The molecule has 1 unspecified atom stereocenters. The lowest BCUT2D eigenvalue weighted by Gasteiger charge is -2.31. The third kappa shape index (κ3) is 6.13. The SMILES string of the molecule is CC(C)C1(C(=O)N[C@@H](CC(=O)OCC(C)(C)C)C(=O)CF)CC(c2nccc3c2C=CCC3)=NO1. The second kappa shape index (κ2) is 10.7. The maximum Gasteiger partial charge on any atom is 0.308 e. The Morgan fingerprint density at radius 2 is 2.03 bits per heavy atom. The van der Waals surface area contributed by atoms with Crippen LogP contribution in [0.3, 0.4) is 0 Å². The van der Waals surface area contributed by atoms with E-state index in [1.807, 2.05) is 32.9 Å². The molecule has 9 heteroatoms. The van der Waals surface area contributed by atoms with E-state index in [9.17, 15) is 18.8 Å². The first-order valence-electron chi connectivity index (χ1n) is 11.9. The molecule has 1 aromatic rings. The maximum absolute atomic E-state index is 13.4. The highest BCUT2D eigenvalue weighted by molar-refractivity contribution is 6.07. The molecular formula is C26H34FN3O5. The zero-order valence-corrected chi connectivity index (χ0v) is 21.0. The van der Waals surface area contributed by atoms with Gasteiger partial charge in [0.15, 0.2) is 5.78 Å². The van der Waals surface area contributed by atoms with Crippen LogP contribution in [0.1, 0.15) is 70.7 Å². The highest BCUT2D eigenvalue weighted by atomic mass is 19.1. The van der Waals surface area contributed by atoms with Gasteiger partial charge in [-0.2, -0.15) is 0 Å². The van der Waals surface area contributed by atoms with E-state index in [-0.39, 0.29) is 24.4 Å². The van der Waals surface area contributed by atoms with Gasteiger partial charge in [0.2, 0.25) is 5.60 Å². The molecule has 0 fully saturated rings. The minimum atomic E-state index is -1.43. The number of esters is 1. The number of rotatable bonds is 9. The van der Waals surface area contributed by atoms with Gasteiger partial charge in [0.1, 0.15) is 18.4 Å². The fourth-order valence-corrected chi connectivity index (χ4v) is 4.00. The van der Waals surface area contributed by atoms with Crippen LogP contribution in [0.5, 0.6) is 0 Å². The monoisotopic (exact) mass is 487 g/mol. The summed E-state index contributed by atoms with van der Waals surface area (Å²) in [6.07, 6.45) is 7.27. The number of nitrogens with one attached hydrogen (secondary N) is 1. The lowest BCUT2D eigenvalue weighted by atomic mass is 9.83. The van der Waals surface area contributed by atoms with Crippen molar-refractivity contribution in [3.05, 3.63) is 35.2 Å². The Labute approximate surface area is 205 Å². The average Bonchev–Trinajstić information content (AvgIpc) is 3.28. The quantitative estimate of drug-likeness (QED) is 0.534. The van der Waals surface area contributed by atoms with Crippen LogP contribution >= 0.6 is 0 Å². The number of amides is 1. The maximum atomic E-state index is 13.4. The second-order valence-corrected chi connectivity index (χ2v) is 10.6. The number of carbonyl (C=O) groups is 3. The molecule has 0 bridgehead atoms. The van der Waals surface area contributed by atoms with E-state index in [4.69, 9.17) is 9.57 Å². The number of Topliss-reactive ketones (excluding diaryl/α,β-unsaturated/α-hetero) is 1. The van der Waals surface area contributed by atoms with Gasteiger partial charge in [-0.3, -0.25) is 19.4 Å². The lowest BCUT2D eigenvalue weighted by Crippen LogP contribution is -2.56. The van der Waals surface area contributed by atoms with Crippen LogP contribution in [-0.2, 0) is 30.4 Å². The third-order valence-corrected chi connectivity index (χ3v) is 6.15. The molecule has 2 heterocycles. The van der Waals surface area contributed by atoms with E-state index in [1.165, 1.54) is 0 Å². The summed E-state index contributed by atoms with van der Waals surface area (Å²) in [6.45, 7) is 8.09. The van der Waals surface area contributed by atoms with E-state index in [0.717, 1.165) is 24.0 Å². The summed E-state index contributed by atoms with van der Waals surface area (Å²) >= 11 is 0. The second-order valence-electron chi connectivity index (χ2n) is 10.6. The minimum Gasteiger partial charge on any atom is -0.465 e. The number of halogens is 1. The number of ether oxygens (including phenoxy) is 1. The molecule has 0 aromatic carbocycles. The van der Waals surface area contributed by atoms with E-state index in [1.54, 1.807) is 20.0 Å². The molecular weight excluding hydrogens is 453 g/mol. The van der Waals surface area contributed by atoms with Crippen molar-refractivity contribution in [1.82, 2.24) is 10.3 Å². The fourth-order valence-electron chi connectivity index (χ4n) is 4.00. The number of nitrogens with zero attached hydrogens (tertiary/aromatic N) is 2. The summed E-state index contributed by atoms with van der Waals surface area (Å²) in [6, 6.07) is 0.598. The van der Waals surface area contributed by atoms with E-state index in [2.05, 4.69) is 21.5 Å². The number of alkyl halides is 1. The van der Waals surface area contributed by atoms with Gasteiger partial charge in [0, 0.05) is 24.1 Å². The first-order valence-corrected chi connectivity index (χ1v) is 11.9. The average molecular weight is 488 g/mol. The van der Waals surface area contributed by atoms with Crippen LogP contribution in [0.15, 0.2) is 23.5 Å². The van der Waals surface area contributed by atoms with Crippen molar-refractivity contribution in [3.8, 4) is 0 Å².